The Hall–Kier alpha value is -0.0200. The molecule has 1 aromatic heterocycles. The van der Waals surface area contributed by atoms with Crippen molar-refractivity contribution in [2.24, 2.45) is 5.73 Å². The van der Waals surface area contributed by atoms with Gasteiger partial charge in [0.05, 0.1) is 10.7 Å². The Kier molecular flexibility index (Phi) is 4.77. The van der Waals surface area contributed by atoms with E-state index in [0.29, 0.717) is 22.4 Å². The lowest BCUT2D eigenvalue weighted by molar-refractivity contribution is 0.991. The number of halogens is 3. The molecule has 1 rings (SSSR count). The van der Waals surface area contributed by atoms with E-state index in [1.54, 1.807) is 12.1 Å². The quantitative estimate of drug-likeness (QED) is 0.727. The topological polar surface area (TPSA) is 38.9 Å². The molecule has 2 N–H and O–H groups in total. The zero-order valence-electron chi connectivity index (χ0n) is 5.55. The normalized spacial score (nSPS) is 9.00. The fraction of sp³-hybridized carbons (Fsp3) is 0.167. The molecule has 0 spiro atoms. The highest BCUT2D eigenvalue weighted by molar-refractivity contribution is 6.32. The summed E-state index contributed by atoms with van der Waals surface area (Å²) < 4.78 is 0. The summed E-state index contributed by atoms with van der Waals surface area (Å²) in [4.78, 5) is 3.90. The van der Waals surface area contributed by atoms with Gasteiger partial charge in [-0.3, -0.25) is 0 Å². The van der Waals surface area contributed by atoms with Crippen LogP contribution >= 0.6 is 35.6 Å². The minimum absolute atomic E-state index is 0. The van der Waals surface area contributed by atoms with Gasteiger partial charge in [0.1, 0.15) is 5.15 Å². The molecule has 11 heavy (non-hydrogen) atoms. The Morgan fingerprint density at radius 3 is 2.45 bits per heavy atom. The van der Waals surface area contributed by atoms with E-state index in [-0.39, 0.29) is 12.4 Å². The van der Waals surface area contributed by atoms with Gasteiger partial charge in [-0.2, -0.15) is 0 Å². The van der Waals surface area contributed by atoms with Crippen molar-refractivity contribution in [1.29, 1.82) is 0 Å². The van der Waals surface area contributed by atoms with Crippen LogP contribution in [0.15, 0.2) is 12.1 Å². The molecule has 1 heterocycles. The van der Waals surface area contributed by atoms with Crippen LogP contribution in [-0.4, -0.2) is 4.98 Å². The predicted molar refractivity (Wildman–Crippen MR) is 49.4 cm³/mol. The predicted octanol–water partition coefficient (Wildman–Crippen LogP) is 2.27. The van der Waals surface area contributed by atoms with Gasteiger partial charge in [0.15, 0.2) is 0 Å². The fourth-order valence-electron chi connectivity index (χ4n) is 0.601. The van der Waals surface area contributed by atoms with Crippen LogP contribution in [0, 0.1) is 0 Å². The highest BCUT2D eigenvalue weighted by Gasteiger charge is 1.98. The summed E-state index contributed by atoms with van der Waals surface area (Å²) in [7, 11) is 0. The van der Waals surface area contributed by atoms with Crippen LogP contribution in [-0.2, 0) is 6.54 Å². The van der Waals surface area contributed by atoms with Crippen molar-refractivity contribution >= 4 is 35.6 Å². The molecule has 0 saturated carbocycles. The van der Waals surface area contributed by atoms with Crippen molar-refractivity contribution < 1.29 is 0 Å². The smallest absolute Gasteiger partial charge is 0.129 e. The number of aromatic nitrogens is 1. The maximum absolute atomic E-state index is 5.70. The summed E-state index contributed by atoms with van der Waals surface area (Å²) in [5.41, 5.74) is 5.95. The number of pyridine rings is 1. The minimum Gasteiger partial charge on any atom is -0.325 e. The number of hydrogen-bond donors (Lipinski definition) is 1. The molecule has 0 amide bonds. The largest absolute Gasteiger partial charge is 0.325 e. The molecule has 0 fully saturated rings. The summed E-state index contributed by atoms with van der Waals surface area (Å²) in [6.07, 6.45) is 0. The molecule has 0 saturated heterocycles. The highest BCUT2D eigenvalue weighted by atomic mass is 35.5. The Balaban J connectivity index is 0.000001000. The third kappa shape index (κ3) is 2.83. The molecule has 0 aliphatic heterocycles. The Labute approximate surface area is 81.1 Å². The van der Waals surface area contributed by atoms with Gasteiger partial charge in [0.2, 0.25) is 0 Å². The molecule has 0 aliphatic rings. The van der Waals surface area contributed by atoms with E-state index in [2.05, 4.69) is 4.98 Å². The molecule has 1 aromatic rings. The first kappa shape index (κ1) is 11.0. The van der Waals surface area contributed by atoms with Gasteiger partial charge in [-0.1, -0.05) is 23.2 Å². The van der Waals surface area contributed by atoms with E-state index in [1.807, 2.05) is 0 Å². The Bertz CT molecular complexity index is 239. The summed E-state index contributed by atoms with van der Waals surface area (Å²) in [5, 5.41) is 0.983. The van der Waals surface area contributed by atoms with Gasteiger partial charge in [-0.25, -0.2) is 4.98 Å². The van der Waals surface area contributed by atoms with Crippen LogP contribution in [0.4, 0.5) is 0 Å². The van der Waals surface area contributed by atoms with Crippen LogP contribution in [0.25, 0.3) is 0 Å². The van der Waals surface area contributed by atoms with Gasteiger partial charge in [0, 0.05) is 6.54 Å². The first-order valence-electron chi connectivity index (χ1n) is 2.75. The average molecular weight is 213 g/mol. The van der Waals surface area contributed by atoms with Crippen molar-refractivity contribution in [1.82, 2.24) is 4.98 Å². The summed E-state index contributed by atoms with van der Waals surface area (Å²) in [6.45, 7) is 0.319. The monoisotopic (exact) mass is 212 g/mol. The molecule has 0 atom stereocenters. The Morgan fingerprint density at radius 1 is 1.36 bits per heavy atom. The highest BCUT2D eigenvalue weighted by Crippen LogP contribution is 2.15. The lowest BCUT2D eigenvalue weighted by Crippen LogP contribution is -1.99. The lowest BCUT2D eigenvalue weighted by atomic mass is 10.3. The summed E-state index contributed by atoms with van der Waals surface area (Å²) in [6, 6.07) is 3.31. The minimum atomic E-state index is 0. The fourth-order valence-corrected chi connectivity index (χ4v) is 0.948. The van der Waals surface area contributed by atoms with Crippen molar-refractivity contribution in [2.75, 3.05) is 0 Å². The summed E-state index contributed by atoms with van der Waals surface area (Å²) >= 11 is 11.3. The van der Waals surface area contributed by atoms with Crippen LogP contribution in [0.2, 0.25) is 10.2 Å². The molecule has 0 unspecified atom stereocenters. The second-order valence-electron chi connectivity index (χ2n) is 1.77. The molecule has 0 radical (unpaired) electrons. The van der Waals surface area contributed by atoms with Gasteiger partial charge >= 0.3 is 0 Å². The molecular weight excluding hydrogens is 206 g/mol. The number of nitrogens with zero attached hydrogens (tertiary/aromatic N) is 1. The summed E-state index contributed by atoms with van der Waals surface area (Å²) in [5.74, 6) is 0. The first-order chi connectivity index (χ1) is 4.74. The van der Waals surface area contributed by atoms with E-state index < -0.39 is 0 Å². The molecule has 0 aromatic carbocycles. The van der Waals surface area contributed by atoms with Crippen LogP contribution in [0.5, 0.6) is 0 Å². The molecule has 62 valence electrons. The molecule has 0 bridgehead atoms. The van der Waals surface area contributed by atoms with Gasteiger partial charge in [0.25, 0.3) is 0 Å². The molecule has 2 nitrogen and oxygen atoms in total. The van der Waals surface area contributed by atoms with Gasteiger partial charge in [-0.05, 0) is 12.1 Å². The van der Waals surface area contributed by atoms with E-state index >= 15 is 0 Å². The van der Waals surface area contributed by atoms with Crippen LogP contribution in [0.1, 0.15) is 5.69 Å². The van der Waals surface area contributed by atoms with Gasteiger partial charge < -0.3 is 5.73 Å². The standard InChI is InChI=1S/C6H6Cl2N2.ClH/c7-4-1-2-6(8)10-5(4)3-9;/h1-2H,3,9H2;1H. The Morgan fingerprint density at radius 2 is 2.00 bits per heavy atom. The third-order valence-corrected chi connectivity index (χ3v) is 1.63. The van der Waals surface area contributed by atoms with E-state index in [4.69, 9.17) is 28.9 Å². The van der Waals surface area contributed by atoms with Crippen molar-refractivity contribution in [3.63, 3.8) is 0 Å². The molecule has 0 aliphatic carbocycles. The van der Waals surface area contributed by atoms with E-state index in [9.17, 15) is 0 Å². The average Bonchev–Trinajstić information content (AvgIpc) is 1.94. The first-order valence-corrected chi connectivity index (χ1v) is 3.50. The number of hydrogen-bond acceptors (Lipinski definition) is 2. The van der Waals surface area contributed by atoms with Crippen LogP contribution < -0.4 is 5.73 Å². The van der Waals surface area contributed by atoms with Crippen molar-refractivity contribution in [3.05, 3.63) is 28.0 Å². The number of rotatable bonds is 1. The molecule has 5 heteroatoms. The third-order valence-electron chi connectivity index (χ3n) is 1.08. The SMILES string of the molecule is Cl.NCc1nc(Cl)ccc1Cl. The second-order valence-corrected chi connectivity index (χ2v) is 2.56. The maximum Gasteiger partial charge on any atom is 0.129 e. The van der Waals surface area contributed by atoms with E-state index in [1.165, 1.54) is 0 Å². The van der Waals surface area contributed by atoms with E-state index in [0.717, 1.165) is 0 Å². The zero-order valence-corrected chi connectivity index (χ0v) is 7.88. The number of nitrogens with two attached hydrogens (primary N) is 1. The second kappa shape index (κ2) is 4.78. The van der Waals surface area contributed by atoms with Crippen LogP contribution in [0.3, 0.4) is 0 Å². The lowest BCUT2D eigenvalue weighted by Gasteiger charge is -1.98. The maximum atomic E-state index is 5.70. The van der Waals surface area contributed by atoms with Gasteiger partial charge in [-0.15, -0.1) is 12.4 Å². The zero-order chi connectivity index (χ0) is 7.56. The molecular formula is C6H7Cl3N2. The van der Waals surface area contributed by atoms with Crippen molar-refractivity contribution in [3.8, 4) is 0 Å². The van der Waals surface area contributed by atoms with Crippen molar-refractivity contribution in [2.45, 2.75) is 6.54 Å².